The van der Waals surface area contributed by atoms with Crippen LogP contribution in [0.25, 0.3) is 0 Å². The summed E-state index contributed by atoms with van der Waals surface area (Å²) in [5, 5.41) is 45.4. The molecule has 2 unspecified atom stereocenters. The van der Waals surface area contributed by atoms with Gasteiger partial charge in [0.05, 0.1) is 0 Å². The Balaban J connectivity index is 1.97. The van der Waals surface area contributed by atoms with Gasteiger partial charge in [0.2, 0.25) is 11.8 Å². The van der Waals surface area contributed by atoms with Crippen molar-refractivity contribution in [2.45, 2.75) is 170 Å². The van der Waals surface area contributed by atoms with Crippen molar-refractivity contribution in [2.75, 3.05) is 0 Å². The highest BCUT2D eigenvalue weighted by Crippen LogP contribution is 2.43. The number of benzene rings is 2. The highest BCUT2D eigenvalue weighted by Gasteiger charge is 2.58. The van der Waals surface area contributed by atoms with E-state index >= 15 is 0 Å². The van der Waals surface area contributed by atoms with Gasteiger partial charge in [-0.05, 0) is 93.6 Å². The van der Waals surface area contributed by atoms with E-state index in [4.69, 9.17) is 0 Å². The minimum Gasteiger partial charge on any atom is -0.507 e. The van der Waals surface area contributed by atoms with Crippen LogP contribution in [0.3, 0.4) is 0 Å². The number of carbonyl (C=O) groups is 3. The Labute approximate surface area is 306 Å². The highest BCUT2D eigenvalue weighted by molar-refractivity contribution is 6.19. The third kappa shape index (κ3) is 8.46. The Kier molecular flexibility index (Phi) is 12.0. The van der Waals surface area contributed by atoms with Crippen LogP contribution >= 0.6 is 0 Å². The summed E-state index contributed by atoms with van der Waals surface area (Å²) in [5.41, 5.74) is 1.65. The number of urea groups is 1. The summed E-state index contributed by atoms with van der Waals surface area (Å²) >= 11 is 0. The molecule has 2 aromatic rings. The molecule has 9 heteroatoms. The SMILES string of the molecule is CCC1(CC)C(=O)N(C(O)CCc2cc(C(C)(C)C)c(O)c(C(C)(C)C)c2)C(=O)N(C(O)CCc2cc(C(C)(C)C)c(O)c(C(C)(C)C)c2)C1=O. The van der Waals surface area contributed by atoms with Crippen LogP contribution in [0.4, 0.5) is 4.79 Å². The van der Waals surface area contributed by atoms with Crippen LogP contribution in [0.5, 0.6) is 11.5 Å². The van der Waals surface area contributed by atoms with Gasteiger partial charge in [-0.2, -0.15) is 0 Å². The maximum atomic E-state index is 14.0. The molecule has 9 nitrogen and oxygen atoms in total. The van der Waals surface area contributed by atoms with Gasteiger partial charge in [0, 0.05) is 0 Å². The molecular weight excluding hydrogens is 644 g/mol. The minimum absolute atomic E-state index is 0.00424. The van der Waals surface area contributed by atoms with E-state index in [-0.39, 0.29) is 58.8 Å². The van der Waals surface area contributed by atoms with Gasteiger partial charge >= 0.3 is 6.03 Å². The van der Waals surface area contributed by atoms with Crippen LogP contribution in [-0.2, 0) is 44.1 Å². The summed E-state index contributed by atoms with van der Waals surface area (Å²) < 4.78 is 0. The summed E-state index contributed by atoms with van der Waals surface area (Å²) in [4.78, 5) is 43.5. The minimum atomic E-state index is -1.62. The number of aryl methyl sites for hydroxylation is 2. The van der Waals surface area contributed by atoms with Crippen LogP contribution in [0.1, 0.15) is 156 Å². The van der Waals surface area contributed by atoms with Crippen molar-refractivity contribution in [3.8, 4) is 11.5 Å². The molecule has 1 saturated heterocycles. The maximum absolute atomic E-state index is 14.0. The van der Waals surface area contributed by atoms with E-state index in [0.717, 1.165) is 43.2 Å². The zero-order chi connectivity index (χ0) is 39.2. The molecule has 2 atom stereocenters. The zero-order valence-corrected chi connectivity index (χ0v) is 33.6. The highest BCUT2D eigenvalue weighted by atomic mass is 16.3. The standard InChI is InChI=1S/C42H64N2O7/c1-15-42(16-2)35(49)43(31(45)19-17-25-21-27(38(3,4)5)33(47)28(22-25)39(6,7)8)37(51)44(36(42)50)32(46)20-18-26-23-29(40(9,10)11)34(48)30(24-26)41(12,13)14/h21-24,31-32,45-48H,15-20H2,1-14H3. The van der Waals surface area contributed by atoms with Crippen molar-refractivity contribution in [3.63, 3.8) is 0 Å². The van der Waals surface area contributed by atoms with Gasteiger partial charge in [-0.25, -0.2) is 14.6 Å². The summed E-state index contributed by atoms with van der Waals surface area (Å²) in [6, 6.07) is 6.56. The lowest BCUT2D eigenvalue weighted by atomic mass is 9.77. The molecule has 4 N–H and O–H groups in total. The summed E-state index contributed by atoms with van der Waals surface area (Å²) in [6.45, 7) is 27.5. The first-order chi connectivity index (χ1) is 23.1. The second-order valence-electron chi connectivity index (χ2n) is 18.5. The van der Waals surface area contributed by atoms with Crippen LogP contribution in [0, 0.1) is 5.41 Å². The van der Waals surface area contributed by atoms with Crippen molar-refractivity contribution in [1.82, 2.24) is 9.80 Å². The molecule has 4 amide bonds. The van der Waals surface area contributed by atoms with E-state index in [1.54, 1.807) is 13.8 Å². The molecule has 0 bridgehead atoms. The maximum Gasteiger partial charge on any atom is 0.337 e. The van der Waals surface area contributed by atoms with Gasteiger partial charge in [-0.1, -0.05) is 121 Å². The number of hydrogen-bond donors (Lipinski definition) is 4. The van der Waals surface area contributed by atoms with Gasteiger partial charge in [0.15, 0.2) is 0 Å². The Bertz CT molecular complexity index is 1440. The number of aromatic hydroxyl groups is 2. The van der Waals surface area contributed by atoms with E-state index < -0.39 is 35.7 Å². The molecule has 1 fully saturated rings. The molecule has 0 radical (unpaired) electrons. The average Bonchev–Trinajstić information content (AvgIpc) is 2.98. The number of phenols is 2. The largest absolute Gasteiger partial charge is 0.507 e. The molecule has 1 aliphatic heterocycles. The monoisotopic (exact) mass is 708 g/mol. The molecule has 0 aliphatic carbocycles. The van der Waals surface area contributed by atoms with Gasteiger partial charge in [-0.3, -0.25) is 9.59 Å². The first-order valence-electron chi connectivity index (χ1n) is 18.4. The summed E-state index contributed by atoms with van der Waals surface area (Å²) in [7, 11) is 0. The van der Waals surface area contributed by atoms with Crippen molar-refractivity contribution < 1.29 is 34.8 Å². The topological polar surface area (TPSA) is 139 Å². The van der Waals surface area contributed by atoms with Crippen molar-refractivity contribution in [3.05, 3.63) is 57.6 Å². The van der Waals surface area contributed by atoms with Crippen molar-refractivity contribution in [2.24, 2.45) is 5.41 Å². The third-order valence-electron chi connectivity index (χ3n) is 10.4. The van der Waals surface area contributed by atoms with E-state index in [2.05, 4.69) is 0 Å². The lowest BCUT2D eigenvalue weighted by molar-refractivity contribution is -0.172. The fraction of sp³-hybridized carbons (Fsp3) is 0.643. The van der Waals surface area contributed by atoms with Crippen molar-refractivity contribution in [1.29, 1.82) is 0 Å². The second-order valence-corrected chi connectivity index (χ2v) is 18.5. The molecule has 1 aliphatic rings. The fourth-order valence-electron chi connectivity index (χ4n) is 7.04. The lowest BCUT2D eigenvalue weighted by Gasteiger charge is -2.46. The van der Waals surface area contributed by atoms with Crippen LogP contribution in [0.15, 0.2) is 24.3 Å². The molecule has 51 heavy (non-hydrogen) atoms. The number of aliphatic hydroxyl groups excluding tert-OH is 2. The normalized spacial score (nSPS) is 17.3. The Morgan fingerprint density at radius 3 is 1.02 bits per heavy atom. The predicted molar refractivity (Wildman–Crippen MR) is 202 cm³/mol. The summed E-state index contributed by atoms with van der Waals surface area (Å²) in [5.74, 6) is -1.07. The first-order valence-corrected chi connectivity index (χ1v) is 18.4. The van der Waals surface area contributed by atoms with Crippen LogP contribution in [-0.4, -0.2) is 60.5 Å². The first kappa shape index (κ1) is 42.0. The fourth-order valence-corrected chi connectivity index (χ4v) is 7.04. The third-order valence-corrected chi connectivity index (χ3v) is 10.4. The van der Waals surface area contributed by atoms with E-state index in [9.17, 15) is 34.8 Å². The number of hydrogen-bond acceptors (Lipinski definition) is 7. The number of nitrogens with zero attached hydrogens (tertiary/aromatic N) is 2. The van der Waals surface area contributed by atoms with Gasteiger partial charge in [0.25, 0.3) is 0 Å². The Morgan fingerprint density at radius 2 is 0.804 bits per heavy atom. The number of carbonyl (C=O) groups excluding carboxylic acids is 3. The molecule has 0 saturated carbocycles. The van der Waals surface area contributed by atoms with Crippen LogP contribution < -0.4 is 0 Å². The molecule has 1 heterocycles. The Hall–Kier alpha value is -3.43. The molecule has 0 spiro atoms. The van der Waals surface area contributed by atoms with E-state index in [1.165, 1.54) is 0 Å². The number of aliphatic hydroxyl groups is 2. The van der Waals surface area contributed by atoms with Crippen molar-refractivity contribution >= 4 is 17.8 Å². The van der Waals surface area contributed by atoms with E-state index in [1.807, 2.05) is 107 Å². The Morgan fingerprint density at radius 1 is 0.549 bits per heavy atom. The smallest absolute Gasteiger partial charge is 0.337 e. The van der Waals surface area contributed by atoms with Gasteiger partial charge in [0.1, 0.15) is 29.4 Å². The number of barbiturate groups is 1. The predicted octanol–water partition coefficient (Wildman–Crippen LogP) is 8.09. The van der Waals surface area contributed by atoms with Crippen LogP contribution in [0.2, 0.25) is 0 Å². The number of amides is 4. The molecule has 3 rings (SSSR count). The molecular formula is C42H64N2O7. The van der Waals surface area contributed by atoms with Gasteiger partial charge in [-0.15, -0.1) is 0 Å². The molecule has 0 aromatic heterocycles. The lowest BCUT2D eigenvalue weighted by Crippen LogP contribution is -2.69. The van der Waals surface area contributed by atoms with E-state index in [0.29, 0.717) is 12.8 Å². The quantitative estimate of drug-likeness (QED) is 0.183. The van der Waals surface area contributed by atoms with Gasteiger partial charge < -0.3 is 20.4 Å². The number of phenolic OH excluding ortho intramolecular Hbond substituents is 2. The average molecular weight is 709 g/mol. The second kappa shape index (κ2) is 14.5. The number of imide groups is 2. The zero-order valence-electron chi connectivity index (χ0n) is 33.6. The summed E-state index contributed by atoms with van der Waals surface area (Å²) in [6.07, 6.45) is -2.37. The molecule has 2 aromatic carbocycles. The number of rotatable bonds is 10. The molecule has 284 valence electrons.